The molecule has 2 unspecified atom stereocenters. The van der Waals surface area contributed by atoms with Crippen LogP contribution in [0.3, 0.4) is 0 Å². The van der Waals surface area contributed by atoms with E-state index in [0.29, 0.717) is 12.8 Å². The molecule has 0 aliphatic heterocycles. The molecule has 0 amide bonds. The monoisotopic (exact) mass is 228 g/mol. The summed E-state index contributed by atoms with van der Waals surface area (Å²) >= 11 is 0. The highest BCUT2D eigenvalue weighted by atomic mass is 16.4. The van der Waals surface area contributed by atoms with Crippen molar-refractivity contribution >= 4 is 11.9 Å². The van der Waals surface area contributed by atoms with Gasteiger partial charge in [0.2, 0.25) is 0 Å². The summed E-state index contributed by atoms with van der Waals surface area (Å²) in [7, 11) is 0. The molecule has 0 saturated carbocycles. The summed E-state index contributed by atoms with van der Waals surface area (Å²) in [5.74, 6) is -2.52. The molecule has 0 heterocycles. The zero-order valence-electron chi connectivity index (χ0n) is 10.1. The highest BCUT2D eigenvalue weighted by molar-refractivity contribution is 5.86. The first-order valence-electron chi connectivity index (χ1n) is 5.58. The van der Waals surface area contributed by atoms with Gasteiger partial charge in [0.15, 0.2) is 0 Å². The third-order valence-corrected chi connectivity index (χ3v) is 2.70. The summed E-state index contributed by atoms with van der Waals surface area (Å²) in [5, 5.41) is 17.8. The SMILES string of the molecule is CCCC(C=C(C)C(=O)O)C(CC)C(=O)O. The van der Waals surface area contributed by atoms with Crippen LogP contribution >= 0.6 is 0 Å². The minimum Gasteiger partial charge on any atom is -0.481 e. The van der Waals surface area contributed by atoms with E-state index in [4.69, 9.17) is 10.2 Å². The molecule has 16 heavy (non-hydrogen) atoms. The van der Waals surface area contributed by atoms with E-state index in [1.165, 1.54) is 6.92 Å². The minimum absolute atomic E-state index is 0.191. The van der Waals surface area contributed by atoms with Gasteiger partial charge in [-0.05, 0) is 25.7 Å². The highest BCUT2D eigenvalue weighted by Crippen LogP contribution is 2.24. The van der Waals surface area contributed by atoms with Crippen LogP contribution in [0.2, 0.25) is 0 Å². The fraction of sp³-hybridized carbons (Fsp3) is 0.667. The Labute approximate surface area is 96.0 Å². The van der Waals surface area contributed by atoms with Crippen LogP contribution < -0.4 is 0 Å². The van der Waals surface area contributed by atoms with Crippen LogP contribution in [0.4, 0.5) is 0 Å². The number of carboxylic acid groups (broad SMARTS) is 2. The fourth-order valence-electron chi connectivity index (χ4n) is 1.79. The van der Waals surface area contributed by atoms with Gasteiger partial charge in [0.1, 0.15) is 0 Å². The van der Waals surface area contributed by atoms with Crippen molar-refractivity contribution in [1.29, 1.82) is 0 Å². The molecule has 0 aromatic rings. The van der Waals surface area contributed by atoms with E-state index in [1.54, 1.807) is 6.08 Å². The second kappa shape index (κ2) is 7.04. The molecule has 0 saturated heterocycles. The van der Waals surface area contributed by atoms with Crippen molar-refractivity contribution in [2.75, 3.05) is 0 Å². The maximum Gasteiger partial charge on any atom is 0.330 e. The molecule has 2 atom stereocenters. The van der Waals surface area contributed by atoms with Crippen LogP contribution in [0.25, 0.3) is 0 Å². The van der Waals surface area contributed by atoms with Crippen molar-refractivity contribution in [2.45, 2.75) is 40.0 Å². The fourth-order valence-corrected chi connectivity index (χ4v) is 1.79. The van der Waals surface area contributed by atoms with E-state index < -0.39 is 17.9 Å². The summed E-state index contributed by atoms with van der Waals surface area (Å²) in [6, 6.07) is 0. The summed E-state index contributed by atoms with van der Waals surface area (Å²) in [6.07, 6.45) is 3.64. The lowest BCUT2D eigenvalue weighted by Crippen LogP contribution is -2.22. The number of carbonyl (C=O) groups is 2. The first-order valence-corrected chi connectivity index (χ1v) is 5.58. The molecule has 92 valence electrons. The Balaban J connectivity index is 4.91. The topological polar surface area (TPSA) is 74.6 Å². The average molecular weight is 228 g/mol. The van der Waals surface area contributed by atoms with Crippen molar-refractivity contribution in [3.8, 4) is 0 Å². The summed E-state index contributed by atoms with van der Waals surface area (Å²) in [5.41, 5.74) is 0.221. The van der Waals surface area contributed by atoms with E-state index in [0.717, 1.165) is 6.42 Å². The van der Waals surface area contributed by atoms with Gasteiger partial charge in [0, 0.05) is 5.57 Å². The third-order valence-electron chi connectivity index (χ3n) is 2.70. The Hall–Kier alpha value is -1.32. The molecule has 2 N–H and O–H groups in total. The number of allylic oxidation sites excluding steroid dienone is 1. The second-order valence-corrected chi connectivity index (χ2v) is 3.96. The van der Waals surface area contributed by atoms with Gasteiger partial charge in [0.05, 0.1) is 5.92 Å². The zero-order chi connectivity index (χ0) is 12.7. The lowest BCUT2D eigenvalue weighted by molar-refractivity contribution is -0.143. The third kappa shape index (κ3) is 4.47. The molecule has 0 aromatic heterocycles. The van der Waals surface area contributed by atoms with E-state index in [1.807, 2.05) is 13.8 Å². The Morgan fingerprint density at radius 2 is 1.81 bits per heavy atom. The van der Waals surface area contributed by atoms with Gasteiger partial charge in [-0.25, -0.2) is 4.79 Å². The number of rotatable bonds is 7. The van der Waals surface area contributed by atoms with Crippen molar-refractivity contribution in [1.82, 2.24) is 0 Å². The van der Waals surface area contributed by atoms with Gasteiger partial charge in [-0.2, -0.15) is 0 Å². The maximum atomic E-state index is 11.0. The molecule has 0 radical (unpaired) electrons. The van der Waals surface area contributed by atoms with Crippen LogP contribution in [0, 0.1) is 11.8 Å². The predicted octanol–water partition coefficient (Wildman–Crippen LogP) is 2.54. The number of aliphatic carboxylic acids is 2. The number of hydrogen-bond donors (Lipinski definition) is 2. The quantitative estimate of drug-likeness (QED) is 0.657. The first kappa shape index (κ1) is 14.7. The van der Waals surface area contributed by atoms with Crippen molar-refractivity contribution < 1.29 is 19.8 Å². The Bertz CT molecular complexity index is 281. The molecule has 0 spiro atoms. The second-order valence-electron chi connectivity index (χ2n) is 3.96. The lowest BCUT2D eigenvalue weighted by Gasteiger charge is -2.19. The molecule has 0 rings (SSSR count). The van der Waals surface area contributed by atoms with Crippen molar-refractivity contribution in [3.05, 3.63) is 11.6 Å². The van der Waals surface area contributed by atoms with Crippen LogP contribution in [-0.2, 0) is 9.59 Å². The highest BCUT2D eigenvalue weighted by Gasteiger charge is 2.24. The summed E-state index contributed by atoms with van der Waals surface area (Å²) in [6.45, 7) is 5.27. The molecule has 4 heteroatoms. The minimum atomic E-state index is -0.985. The Morgan fingerprint density at radius 3 is 2.12 bits per heavy atom. The summed E-state index contributed by atoms with van der Waals surface area (Å²) < 4.78 is 0. The largest absolute Gasteiger partial charge is 0.481 e. The van der Waals surface area contributed by atoms with Gasteiger partial charge in [-0.1, -0.05) is 26.3 Å². The van der Waals surface area contributed by atoms with Crippen molar-refractivity contribution in [2.24, 2.45) is 11.8 Å². The molecule has 0 aliphatic carbocycles. The molecule has 0 bridgehead atoms. The van der Waals surface area contributed by atoms with Crippen LogP contribution in [0.1, 0.15) is 40.0 Å². The molecule has 0 aliphatic rings. The van der Waals surface area contributed by atoms with Gasteiger partial charge >= 0.3 is 11.9 Å². The Kier molecular flexibility index (Phi) is 6.46. The van der Waals surface area contributed by atoms with Crippen LogP contribution in [0.5, 0.6) is 0 Å². The molecular formula is C12H20O4. The smallest absolute Gasteiger partial charge is 0.330 e. The van der Waals surface area contributed by atoms with E-state index >= 15 is 0 Å². The molecular weight excluding hydrogens is 208 g/mol. The zero-order valence-corrected chi connectivity index (χ0v) is 10.1. The molecule has 0 aromatic carbocycles. The molecule has 4 nitrogen and oxygen atoms in total. The van der Waals surface area contributed by atoms with Gasteiger partial charge in [-0.15, -0.1) is 0 Å². The van der Waals surface area contributed by atoms with Gasteiger partial charge in [-0.3, -0.25) is 4.79 Å². The van der Waals surface area contributed by atoms with Crippen LogP contribution in [-0.4, -0.2) is 22.2 Å². The molecule has 0 fully saturated rings. The maximum absolute atomic E-state index is 11.0. The number of hydrogen-bond acceptors (Lipinski definition) is 2. The van der Waals surface area contributed by atoms with E-state index in [2.05, 4.69) is 0 Å². The van der Waals surface area contributed by atoms with Gasteiger partial charge in [0.25, 0.3) is 0 Å². The van der Waals surface area contributed by atoms with E-state index in [-0.39, 0.29) is 11.5 Å². The predicted molar refractivity (Wildman–Crippen MR) is 61.2 cm³/mol. The Morgan fingerprint density at radius 1 is 1.25 bits per heavy atom. The lowest BCUT2D eigenvalue weighted by atomic mass is 9.85. The normalized spacial score (nSPS) is 15.6. The first-order chi connectivity index (χ1) is 7.43. The summed E-state index contributed by atoms with van der Waals surface area (Å²) in [4.78, 5) is 21.7. The van der Waals surface area contributed by atoms with Gasteiger partial charge < -0.3 is 10.2 Å². The standard InChI is InChI=1S/C12H20O4/c1-4-6-9(7-8(3)11(13)14)10(5-2)12(15)16/h7,9-10H,4-6H2,1-3H3,(H,13,14)(H,15,16). The van der Waals surface area contributed by atoms with Crippen LogP contribution in [0.15, 0.2) is 11.6 Å². The van der Waals surface area contributed by atoms with Crippen molar-refractivity contribution in [3.63, 3.8) is 0 Å². The van der Waals surface area contributed by atoms with E-state index in [9.17, 15) is 9.59 Å². The number of carboxylic acids is 2. The average Bonchev–Trinajstić information content (AvgIpc) is 2.18.